The molecule has 2 amide bonds. The normalized spacial score (nSPS) is 19.3. The molecular formula is C34H32N4O6S. The van der Waals surface area contributed by atoms with Crippen molar-refractivity contribution < 1.29 is 29.0 Å². The molecule has 230 valence electrons. The number of benzene rings is 2. The van der Waals surface area contributed by atoms with Crippen LogP contribution in [0.15, 0.2) is 84.4 Å². The average molecular weight is 625 g/mol. The van der Waals surface area contributed by atoms with Crippen LogP contribution in [0.2, 0.25) is 0 Å². The van der Waals surface area contributed by atoms with Gasteiger partial charge < -0.3 is 20.1 Å². The third kappa shape index (κ3) is 7.16. The number of carbonyl (C=O) groups is 4. The predicted molar refractivity (Wildman–Crippen MR) is 168 cm³/mol. The van der Waals surface area contributed by atoms with Crippen molar-refractivity contribution in [3.05, 3.63) is 95.6 Å². The Balaban J connectivity index is 0.000000213. The molecule has 1 aliphatic carbocycles. The van der Waals surface area contributed by atoms with E-state index in [4.69, 9.17) is 9.84 Å². The molecule has 2 aromatic carbocycles. The van der Waals surface area contributed by atoms with Crippen molar-refractivity contribution in [2.24, 2.45) is 5.92 Å². The minimum Gasteiger partial charge on any atom is -0.476 e. The zero-order valence-electron chi connectivity index (χ0n) is 24.4. The number of thiazole rings is 1. The van der Waals surface area contributed by atoms with Crippen molar-refractivity contribution in [1.29, 1.82) is 0 Å². The standard InChI is InChI=1S/C24H25N3O4.C10H7NO2S/c28-20-14-31-21-10-11-27(22(20)21)24(30)19(12-15-6-7-15)26-23(29)17-8-9-18(25-13-17)16-4-2-1-3-5-16;12-10(13)8-6-14-9(11-8)7-4-2-1-3-5-7/h1-5,8-9,13,15,19,21-22H,6-7,10-12,14H2,(H,26,29);1-6H,(H,12,13). The van der Waals surface area contributed by atoms with Crippen molar-refractivity contribution in [2.75, 3.05) is 13.2 Å². The van der Waals surface area contributed by atoms with Crippen LogP contribution in [-0.2, 0) is 14.3 Å². The number of ketones is 1. The first-order valence-electron chi connectivity index (χ1n) is 14.9. The number of amides is 2. The summed E-state index contributed by atoms with van der Waals surface area (Å²) in [5.41, 5.74) is 3.22. The summed E-state index contributed by atoms with van der Waals surface area (Å²) < 4.78 is 5.50. The molecule has 11 heteroatoms. The fourth-order valence-electron chi connectivity index (χ4n) is 5.58. The first-order chi connectivity index (χ1) is 21.9. The Labute approximate surface area is 264 Å². The molecule has 4 aromatic rings. The Morgan fingerprint density at radius 2 is 1.69 bits per heavy atom. The van der Waals surface area contributed by atoms with Gasteiger partial charge in [-0.15, -0.1) is 11.3 Å². The second kappa shape index (κ2) is 13.5. The van der Waals surface area contributed by atoms with Crippen LogP contribution in [0, 0.1) is 5.92 Å². The zero-order chi connectivity index (χ0) is 31.3. The smallest absolute Gasteiger partial charge is 0.355 e. The van der Waals surface area contributed by atoms with E-state index in [0.29, 0.717) is 30.9 Å². The van der Waals surface area contributed by atoms with Gasteiger partial charge in [-0.25, -0.2) is 9.78 Å². The molecule has 0 bridgehead atoms. The Morgan fingerprint density at radius 1 is 0.978 bits per heavy atom. The zero-order valence-corrected chi connectivity index (χ0v) is 25.2. The van der Waals surface area contributed by atoms with E-state index in [9.17, 15) is 19.2 Å². The SMILES string of the molecule is O=C(NC(CC1CC1)C(=O)N1CCC2OCC(=O)C21)c1ccc(-c2ccccc2)nc1.O=C(O)c1csc(-c2ccccc2)n1. The van der Waals surface area contributed by atoms with Crippen molar-refractivity contribution in [1.82, 2.24) is 20.2 Å². The molecular weight excluding hydrogens is 592 g/mol. The number of hydrogen-bond acceptors (Lipinski definition) is 8. The molecule has 2 saturated heterocycles. The molecule has 0 radical (unpaired) electrons. The van der Waals surface area contributed by atoms with Crippen LogP contribution in [0.25, 0.3) is 21.8 Å². The van der Waals surface area contributed by atoms with Crippen LogP contribution >= 0.6 is 11.3 Å². The monoisotopic (exact) mass is 624 g/mol. The Kier molecular flexibility index (Phi) is 9.08. The number of aromatic carboxylic acids is 1. The molecule has 3 aliphatic rings. The third-order valence-corrected chi connectivity index (χ3v) is 9.00. The van der Waals surface area contributed by atoms with E-state index in [2.05, 4.69) is 15.3 Å². The number of fused-ring (bicyclic) bond motifs is 1. The number of nitrogens with one attached hydrogen (secondary N) is 1. The first-order valence-corrected chi connectivity index (χ1v) is 15.8. The largest absolute Gasteiger partial charge is 0.476 e. The molecule has 1 saturated carbocycles. The molecule has 0 spiro atoms. The van der Waals surface area contributed by atoms with Gasteiger partial charge in [-0.3, -0.25) is 19.4 Å². The second-order valence-corrected chi connectivity index (χ2v) is 12.2. The number of carboxylic acid groups (broad SMARTS) is 1. The Hall–Kier alpha value is -4.74. The van der Waals surface area contributed by atoms with Crippen molar-refractivity contribution in [3.8, 4) is 21.8 Å². The number of likely N-dealkylation sites (tertiary alicyclic amines) is 1. The number of aromatic nitrogens is 2. The molecule has 3 unspecified atom stereocenters. The highest BCUT2D eigenvalue weighted by molar-refractivity contribution is 7.13. The van der Waals surface area contributed by atoms with E-state index < -0.39 is 18.1 Å². The number of carboxylic acids is 1. The first kappa shape index (κ1) is 30.3. The van der Waals surface area contributed by atoms with Gasteiger partial charge in [0, 0.05) is 29.2 Å². The average Bonchev–Trinajstić information content (AvgIpc) is 3.42. The quantitative estimate of drug-likeness (QED) is 0.287. The third-order valence-electron chi connectivity index (χ3n) is 8.10. The summed E-state index contributed by atoms with van der Waals surface area (Å²) in [7, 11) is 0. The number of pyridine rings is 1. The molecule has 4 heterocycles. The van der Waals surface area contributed by atoms with Crippen LogP contribution < -0.4 is 5.32 Å². The highest BCUT2D eigenvalue weighted by Crippen LogP contribution is 2.35. The van der Waals surface area contributed by atoms with Gasteiger partial charge in [0.2, 0.25) is 5.91 Å². The second-order valence-electron chi connectivity index (χ2n) is 11.3. The lowest BCUT2D eigenvalue weighted by molar-refractivity contribution is -0.138. The van der Waals surface area contributed by atoms with Gasteiger partial charge in [0.05, 0.1) is 17.4 Å². The van der Waals surface area contributed by atoms with E-state index in [1.54, 1.807) is 16.3 Å². The summed E-state index contributed by atoms with van der Waals surface area (Å²) in [6, 6.07) is 21.7. The van der Waals surface area contributed by atoms with Crippen LogP contribution in [0.1, 0.15) is 46.5 Å². The van der Waals surface area contributed by atoms with Gasteiger partial charge in [-0.05, 0) is 30.9 Å². The number of hydrogen-bond donors (Lipinski definition) is 2. The highest BCUT2D eigenvalue weighted by Gasteiger charge is 2.48. The minimum atomic E-state index is -0.983. The molecule has 45 heavy (non-hydrogen) atoms. The van der Waals surface area contributed by atoms with Crippen LogP contribution in [0.3, 0.4) is 0 Å². The van der Waals surface area contributed by atoms with Gasteiger partial charge in [0.15, 0.2) is 11.5 Å². The highest BCUT2D eigenvalue weighted by atomic mass is 32.1. The lowest BCUT2D eigenvalue weighted by Crippen LogP contribution is -2.52. The summed E-state index contributed by atoms with van der Waals surface area (Å²) >= 11 is 1.34. The van der Waals surface area contributed by atoms with Gasteiger partial charge in [0.25, 0.3) is 5.91 Å². The van der Waals surface area contributed by atoms with E-state index in [-0.39, 0.29) is 36.0 Å². The molecule has 10 nitrogen and oxygen atoms in total. The predicted octanol–water partition coefficient (Wildman–Crippen LogP) is 4.72. The van der Waals surface area contributed by atoms with Gasteiger partial charge in [-0.1, -0.05) is 73.5 Å². The molecule has 3 atom stereocenters. The van der Waals surface area contributed by atoms with Crippen molar-refractivity contribution in [2.45, 2.75) is 43.9 Å². The maximum atomic E-state index is 13.3. The Morgan fingerprint density at radius 3 is 2.31 bits per heavy atom. The summed E-state index contributed by atoms with van der Waals surface area (Å²) in [5.74, 6) is -1.09. The van der Waals surface area contributed by atoms with Gasteiger partial charge in [0.1, 0.15) is 23.7 Å². The number of rotatable bonds is 8. The summed E-state index contributed by atoms with van der Waals surface area (Å²) in [4.78, 5) is 59.0. The molecule has 3 fully saturated rings. The minimum absolute atomic E-state index is 0.0481. The summed E-state index contributed by atoms with van der Waals surface area (Å²) in [5, 5.41) is 13.9. The number of carbonyl (C=O) groups excluding carboxylic acids is 3. The number of ether oxygens (including phenoxy) is 1. The number of Topliss-reactive ketones (excluding diaryl/α,β-unsaturated/α-hetero) is 1. The van der Waals surface area contributed by atoms with Crippen LogP contribution in [-0.4, -0.2) is 74.9 Å². The number of nitrogens with zero attached hydrogens (tertiary/aromatic N) is 3. The van der Waals surface area contributed by atoms with Crippen molar-refractivity contribution >= 4 is 34.9 Å². The van der Waals surface area contributed by atoms with E-state index in [1.807, 2.05) is 66.7 Å². The fourth-order valence-corrected chi connectivity index (χ4v) is 6.38. The Bertz CT molecular complexity index is 1670. The topological polar surface area (TPSA) is 139 Å². The van der Waals surface area contributed by atoms with Crippen molar-refractivity contribution in [3.63, 3.8) is 0 Å². The maximum Gasteiger partial charge on any atom is 0.355 e. The van der Waals surface area contributed by atoms with Crippen LogP contribution in [0.4, 0.5) is 0 Å². The van der Waals surface area contributed by atoms with E-state index >= 15 is 0 Å². The summed E-state index contributed by atoms with van der Waals surface area (Å²) in [6.45, 7) is 0.558. The molecule has 2 aromatic heterocycles. The van der Waals surface area contributed by atoms with Gasteiger partial charge in [-0.2, -0.15) is 0 Å². The lowest BCUT2D eigenvalue weighted by atomic mass is 10.1. The van der Waals surface area contributed by atoms with E-state index in [1.165, 1.54) is 17.5 Å². The molecule has 2 N–H and O–H groups in total. The van der Waals surface area contributed by atoms with Gasteiger partial charge >= 0.3 is 5.97 Å². The molecule has 2 aliphatic heterocycles. The molecule has 7 rings (SSSR count). The maximum absolute atomic E-state index is 13.3. The fraction of sp³-hybridized carbons (Fsp3) is 0.294. The van der Waals surface area contributed by atoms with E-state index in [0.717, 1.165) is 34.7 Å². The van der Waals surface area contributed by atoms with Crippen LogP contribution in [0.5, 0.6) is 0 Å². The lowest BCUT2D eigenvalue weighted by Gasteiger charge is -2.27. The summed E-state index contributed by atoms with van der Waals surface area (Å²) in [6.07, 6.45) is 4.74.